The van der Waals surface area contributed by atoms with Crippen LogP contribution in [0.1, 0.15) is 18.4 Å². The van der Waals surface area contributed by atoms with Crippen LogP contribution in [0.25, 0.3) is 22.3 Å². The Labute approximate surface area is 155 Å². The molecule has 0 saturated carbocycles. The third kappa shape index (κ3) is 3.13. The lowest BCUT2D eigenvalue weighted by molar-refractivity contribution is 0.305. The summed E-state index contributed by atoms with van der Waals surface area (Å²) in [5.74, 6) is 0.934. The van der Waals surface area contributed by atoms with Crippen LogP contribution in [-0.2, 0) is 4.74 Å². The number of allylic oxidation sites excluding steroid dienone is 2. The monoisotopic (exact) mass is 362 g/mol. The van der Waals surface area contributed by atoms with E-state index < -0.39 is 0 Å². The summed E-state index contributed by atoms with van der Waals surface area (Å²) in [5, 5.41) is 10.6. The summed E-state index contributed by atoms with van der Waals surface area (Å²) >= 11 is 0. The zero-order valence-corrected chi connectivity index (χ0v) is 14.7. The number of hydrogen-bond acceptors (Lipinski definition) is 5. The van der Waals surface area contributed by atoms with E-state index in [-0.39, 0.29) is 18.0 Å². The summed E-state index contributed by atoms with van der Waals surface area (Å²) in [6, 6.07) is 10.3. The van der Waals surface area contributed by atoms with Crippen LogP contribution in [0.3, 0.4) is 0 Å². The third-order valence-corrected chi connectivity index (χ3v) is 4.51. The average molecular weight is 362 g/mol. The highest BCUT2D eigenvalue weighted by Gasteiger charge is 2.25. The number of aliphatic hydroxyl groups excluding tert-OH is 1. The van der Waals surface area contributed by atoms with Crippen molar-refractivity contribution in [2.24, 2.45) is 0 Å². The first-order valence-electron chi connectivity index (χ1n) is 8.61. The predicted molar refractivity (Wildman–Crippen MR) is 103 cm³/mol. The number of aliphatic hydroxyl groups is 1. The number of ether oxygens (including phenoxy) is 2. The Balaban J connectivity index is 2.01. The van der Waals surface area contributed by atoms with Crippen molar-refractivity contribution in [3.63, 3.8) is 0 Å². The van der Waals surface area contributed by atoms with E-state index in [1.54, 1.807) is 37.0 Å². The molecule has 1 aromatic carbocycles. The van der Waals surface area contributed by atoms with Gasteiger partial charge in [0.25, 0.3) is 0 Å². The third-order valence-electron chi connectivity index (χ3n) is 4.51. The van der Waals surface area contributed by atoms with Crippen LogP contribution in [-0.4, -0.2) is 11.7 Å². The molecule has 2 heterocycles. The molecule has 136 valence electrons. The van der Waals surface area contributed by atoms with Gasteiger partial charge in [-0.3, -0.25) is 4.79 Å². The van der Waals surface area contributed by atoms with E-state index in [1.165, 1.54) is 12.1 Å². The maximum atomic E-state index is 11.9. The Morgan fingerprint density at radius 2 is 2.11 bits per heavy atom. The molecule has 0 saturated heterocycles. The first-order chi connectivity index (χ1) is 13.2. The molecule has 0 bridgehead atoms. The highest BCUT2D eigenvalue weighted by Crippen LogP contribution is 2.42. The van der Waals surface area contributed by atoms with Gasteiger partial charge in [-0.25, -0.2) is 0 Å². The summed E-state index contributed by atoms with van der Waals surface area (Å²) in [4.78, 5) is 11.9. The Kier molecular flexibility index (Phi) is 4.52. The van der Waals surface area contributed by atoms with E-state index in [2.05, 4.69) is 0 Å². The molecule has 2 aliphatic heterocycles. The lowest BCUT2D eigenvalue weighted by atomic mass is 9.84. The van der Waals surface area contributed by atoms with Crippen LogP contribution in [0.4, 0.5) is 0 Å². The quantitative estimate of drug-likeness (QED) is 0.553. The van der Waals surface area contributed by atoms with Gasteiger partial charge >= 0.3 is 0 Å². The smallest absolute Gasteiger partial charge is 0.182 e. The largest absolute Gasteiger partial charge is 0.473 e. The second kappa shape index (κ2) is 7.13. The van der Waals surface area contributed by atoms with Crippen molar-refractivity contribution in [2.75, 3.05) is 6.61 Å². The van der Waals surface area contributed by atoms with Gasteiger partial charge in [-0.1, -0.05) is 6.08 Å². The van der Waals surface area contributed by atoms with Crippen LogP contribution in [0.2, 0.25) is 0 Å². The zero-order valence-electron chi connectivity index (χ0n) is 14.7. The minimum absolute atomic E-state index is 0.127. The standard InChI is InChI=1S/C22H18O5/c1-2-8-26-16-4-6-19-21(11-16)27-20-10-15(24)3-5-18(20)22(19)17-7-9-25-13-14(17)12-23/h2-11,13,17,23H,12H2,1H3/b8-2-. The lowest BCUT2D eigenvalue weighted by Crippen LogP contribution is -2.10. The molecule has 0 spiro atoms. The molecule has 4 rings (SSSR count). The second-order valence-corrected chi connectivity index (χ2v) is 6.21. The van der Waals surface area contributed by atoms with Gasteiger partial charge in [-0.15, -0.1) is 0 Å². The van der Waals surface area contributed by atoms with Crippen LogP contribution >= 0.6 is 0 Å². The Bertz CT molecular complexity index is 1100. The van der Waals surface area contributed by atoms with Gasteiger partial charge in [0.05, 0.1) is 25.4 Å². The summed E-state index contributed by atoms with van der Waals surface area (Å²) < 4.78 is 16.8. The molecule has 3 aliphatic rings. The highest BCUT2D eigenvalue weighted by molar-refractivity contribution is 5.90. The molecule has 5 heteroatoms. The molecule has 1 N–H and O–H groups in total. The minimum atomic E-state index is -0.190. The number of rotatable bonds is 4. The molecule has 1 unspecified atom stereocenters. The molecule has 0 fully saturated rings. The maximum Gasteiger partial charge on any atom is 0.182 e. The fourth-order valence-electron chi connectivity index (χ4n) is 3.30. The maximum absolute atomic E-state index is 11.9. The fraction of sp³-hybridized carbons (Fsp3) is 0.136. The SMILES string of the molecule is C/C=C\Oc1ccc2c(C3C=COC=C3CO)c3ccc(=O)cc-3oc2c1. The van der Waals surface area contributed by atoms with E-state index in [9.17, 15) is 9.90 Å². The highest BCUT2D eigenvalue weighted by atomic mass is 16.5. The molecule has 1 aromatic rings. The molecule has 5 nitrogen and oxygen atoms in total. The van der Waals surface area contributed by atoms with Crippen LogP contribution in [0, 0.1) is 0 Å². The van der Waals surface area contributed by atoms with Crippen molar-refractivity contribution in [3.8, 4) is 17.1 Å². The van der Waals surface area contributed by atoms with E-state index in [1.807, 2.05) is 25.1 Å². The zero-order chi connectivity index (χ0) is 18.8. The molecular formula is C22H18O5. The van der Waals surface area contributed by atoms with Gasteiger partial charge in [0.15, 0.2) is 5.43 Å². The normalized spacial score (nSPS) is 16.7. The van der Waals surface area contributed by atoms with Gasteiger partial charge in [-0.05, 0) is 42.8 Å². The van der Waals surface area contributed by atoms with Crippen molar-refractivity contribution in [1.29, 1.82) is 0 Å². The van der Waals surface area contributed by atoms with E-state index >= 15 is 0 Å². The predicted octanol–water partition coefficient (Wildman–Crippen LogP) is 4.31. The summed E-state index contributed by atoms with van der Waals surface area (Å²) in [7, 11) is 0. The minimum Gasteiger partial charge on any atom is -0.473 e. The van der Waals surface area contributed by atoms with Crippen LogP contribution in [0.5, 0.6) is 5.75 Å². The van der Waals surface area contributed by atoms with Gasteiger partial charge in [-0.2, -0.15) is 0 Å². The van der Waals surface area contributed by atoms with Crippen molar-refractivity contribution in [2.45, 2.75) is 12.8 Å². The molecule has 1 atom stereocenters. The Morgan fingerprint density at radius 3 is 2.93 bits per heavy atom. The summed E-state index contributed by atoms with van der Waals surface area (Å²) in [6.45, 7) is 1.74. The topological polar surface area (TPSA) is 68.9 Å². The Morgan fingerprint density at radius 1 is 1.22 bits per heavy atom. The van der Waals surface area contributed by atoms with E-state index in [0.29, 0.717) is 17.1 Å². The number of hydrogen-bond donors (Lipinski definition) is 1. The van der Waals surface area contributed by atoms with Crippen molar-refractivity contribution < 1.29 is 19.0 Å². The molecule has 1 aliphatic carbocycles. The lowest BCUT2D eigenvalue weighted by Gasteiger charge is -2.24. The number of benzene rings is 2. The second-order valence-electron chi connectivity index (χ2n) is 6.21. The van der Waals surface area contributed by atoms with Crippen molar-refractivity contribution >= 4 is 11.0 Å². The van der Waals surface area contributed by atoms with Crippen molar-refractivity contribution in [3.05, 3.63) is 88.7 Å². The fourth-order valence-corrected chi connectivity index (χ4v) is 3.30. The summed E-state index contributed by atoms with van der Waals surface area (Å²) in [5.41, 5.74) is 2.97. The van der Waals surface area contributed by atoms with Crippen molar-refractivity contribution in [1.82, 2.24) is 0 Å². The Hall–Kier alpha value is -3.31. The first kappa shape index (κ1) is 17.1. The molecule has 0 amide bonds. The van der Waals surface area contributed by atoms with E-state index in [4.69, 9.17) is 13.9 Å². The summed E-state index contributed by atoms with van der Waals surface area (Å²) in [6.07, 6.45) is 8.42. The van der Waals surface area contributed by atoms with E-state index in [0.717, 1.165) is 22.1 Å². The molecular weight excluding hydrogens is 344 g/mol. The molecule has 0 radical (unpaired) electrons. The van der Waals surface area contributed by atoms with Crippen LogP contribution in [0.15, 0.2) is 82.1 Å². The van der Waals surface area contributed by atoms with Gasteiger partial charge in [0, 0.05) is 34.6 Å². The first-order valence-corrected chi connectivity index (χ1v) is 8.61. The van der Waals surface area contributed by atoms with Gasteiger partial charge in [0.2, 0.25) is 0 Å². The van der Waals surface area contributed by atoms with Crippen LogP contribution < -0.4 is 10.2 Å². The van der Waals surface area contributed by atoms with Gasteiger partial charge in [0.1, 0.15) is 17.1 Å². The average Bonchev–Trinajstić information content (AvgIpc) is 2.70. The molecule has 0 aromatic heterocycles. The number of fused-ring (bicyclic) bond motifs is 2. The van der Waals surface area contributed by atoms with Gasteiger partial charge < -0.3 is 19.0 Å². The molecule has 27 heavy (non-hydrogen) atoms.